The summed E-state index contributed by atoms with van der Waals surface area (Å²) in [7, 11) is 3.22. The number of methoxy groups -OCH3 is 1. The van der Waals surface area contributed by atoms with Crippen LogP contribution < -0.4 is 10.1 Å². The van der Waals surface area contributed by atoms with E-state index in [0.29, 0.717) is 17.0 Å². The second kappa shape index (κ2) is 8.65. The number of amides is 2. The topological polar surface area (TPSA) is 63.6 Å². The van der Waals surface area contributed by atoms with E-state index in [1.807, 2.05) is 54.8 Å². The molecule has 6 nitrogen and oxygen atoms in total. The van der Waals surface area contributed by atoms with E-state index in [9.17, 15) is 9.59 Å². The number of carbonyl (C=O) groups excluding carboxylic acids is 2. The molecule has 2 aromatic carbocycles. The molecule has 0 atom stereocenters. The van der Waals surface area contributed by atoms with Crippen molar-refractivity contribution in [3.63, 3.8) is 0 Å². The van der Waals surface area contributed by atoms with E-state index >= 15 is 0 Å². The van der Waals surface area contributed by atoms with Crippen molar-refractivity contribution < 1.29 is 14.3 Å². The van der Waals surface area contributed by atoms with Crippen LogP contribution in [0.4, 0.5) is 5.69 Å². The number of nitrogens with zero attached hydrogens (tertiary/aromatic N) is 2. The third-order valence-corrected chi connectivity index (χ3v) is 4.78. The van der Waals surface area contributed by atoms with Crippen molar-refractivity contribution in [2.75, 3.05) is 26.0 Å². The molecule has 1 N–H and O–H groups in total. The zero-order valence-corrected chi connectivity index (χ0v) is 17.1. The number of benzene rings is 2. The Morgan fingerprint density at radius 2 is 1.69 bits per heavy atom. The van der Waals surface area contributed by atoms with Gasteiger partial charge in [0, 0.05) is 29.8 Å². The Balaban J connectivity index is 1.70. The average molecular weight is 391 g/mol. The fraction of sp³-hybridized carbons (Fsp3) is 0.217. The van der Waals surface area contributed by atoms with Gasteiger partial charge in [-0.1, -0.05) is 18.2 Å². The highest BCUT2D eigenvalue weighted by Crippen LogP contribution is 2.22. The maximum Gasteiger partial charge on any atom is 0.255 e. The highest BCUT2D eigenvalue weighted by molar-refractivity contribution is 6.00. The van der Waals surface area contributed by atoms with Gasteiger partial charge < -0.3 is 19.5 Å². The lowest BCUT2D eigenvalue weighted by atomic mass is 10.2. The summed E-state index contributed by atoms with van der Waals surface area (Å²) < 4.78 is 7.15. The van der Waals surface area contributed by atoms with E-state index in [2.05, 4.69) is 5.32 Å². The van der Waals surface area contributed by atoms with E-state index in [1.54, 1.807) is 38.4 Å². The minimum atomic E-state index is -0.261. The van der Waals surface area contributed by atoms with Crippen LogP contribution in [0.15, 0.2) is 60.7 Å². The molecule has 0 aliphatic rings. The number of anilines is 1. The van der Waals surface area contributed by atoms with Crippen LogP contribution in [0.3, 0.4) is 0 Å². The van der Waals surface area contributed by atoms with Gasteiger partial charge in [0.05, 0.1) is 19.2 Å². The van der Waals surface area contributed by atoms with Gasteiger partial charge in [0.15, 0.2) is 0 Å². The van der Waals surface area contributed by atoms with Crippen LogP contribution in [0.25, 0.3) is 5.69 Å². The highest BCUT2D eigenvalue weighted by Gasteiger charge is 2.21. The van der Waals surface area contributed by atoms with Crippen LogP contribution >= 0.6 is 0 Å². The van der Waals surface area contributed by atoms with Crippen molar-refractivity contribution in [2.24, 2.45) is 0 Å². The first-order chi connectivity index (χ1) is 13.9. The lowest BCUT2D eigenvalue weighted by Gasteiger charge is -2.17. The van der Waals surface area contributed by atoms with Gasteiger partial charge in [0.25, 0.3) is 5.91 Å². The Bertz CT molecular complexity index is 1010. The number of ether oxygens (including phenoxy) is 1. The molecule has 0 unspecified atom stereocenters. The maximum absolute atomic E-state index is 12.9. The molecule has 0 fully saturated rings. The predicted octanol–water partition coefficient (Wildman–Crippen LogP) is 3.81. The molecule has 6 heteroatoms. The van der Waals surface area contributed by atoms with Gasteiger partial charge in [-0.3, -0.25) is 9.59 Å². The Hall–Kier alpha value is -3.54. The van der Waals surface area contributed by atoms with Gasteiger partial charge >= 0.3 is 0 Å². The van der Waals surface area contributed by atoms with Crippen molar-refractivity contribution >= 4 is 17.5 Å². The smallest absolute Gasteiger partial charge is 0.255 e. The van der Waals surface area contributed by atoms with Crippen molar-refractivity contribution in [3.05, 3.63) is 77.6 Å². The standard InChI is InChI=1S/C23H25N3O3/c1-16-14-21(17(2)26(16)19-8-6-5-7-9-19)23(28)25(3)15-22(27)24-18-10-12-20(29-4)13-11-18/h5-14H,15H2,1-4H3,(H,24,27). The maximum atomic E-state index is 12.9. The molecule has 150 valence electrons. The van der Waals surface area contributed by atoms with Gasteiger partial charge in [-0.2, -0.15) is 0 Å². The number of aryl methyl sites for hydroxylation is 1. The predicted molar refractivity (Wildman–Crippen MR) is 114 cm³/mol. The monoisotopic (exact) mass is 391 g/mol. The average Bonchev–Trinajstić information content (AvgIpc) is 3.02. The first-order valence-corrected chi connectivity index (χ1v) is 9.34. The Morgan fingerprint density at radius 1 is 1.03 bits per heavy atom. The minimum Gasteiger partial charge on any atom is -0.497 e. The summed E-state index contributed by atoms with van der Waals surface area (Å²) >= 11 is 0. The zero-order chi connectivity index (χ0) is 21.0. The summed E-state index contributed by atoms with van der Waals surface area (Å²) in [6, 6.07) is 18.8. The summed E-state index contributed by atoms with van der Waals surface area (Å²) in [5.74, 6) is 0.261. The summed E-state index contributed by atoms with van der Waals surface area (Å²) in [5.41, 5.74) is 4.06. The number of hydrogen-bond acceptors (Lipinski definition) is 3. The number of carbonyl (C=O) groups is 2. The second-order valence-corrected chi connectivity index (χ2v) is 6.89. The van der Waals surface area contributed by atoms with Crippen LogP contribution in [0.2, 0.25) is 0 Å². The molecule has 0 saturated heterocycles. The van der Waals surface area contributed by atoms with E-state index in [-0.39, 0.29) is 18.4 Å². The molecule has 0 aliphatic carbocycles. The molecule has 1 heterocycles. The number of hydrogen-bond donors (Lipinski definition) is 1. The molecule has 29 heavy (non-hydrogen) atoms. The lowest BCUT2D eigenvalue weighted by Crippen LogP contribution is -2.35. The minimum absolute atomic E-state index is 0.0418. The van der Waals surface area contributed by atoms with Gasteiger partial charge in [-0.05, 0) is 56.3 Å². The summed E-state index contributed by atoms with van der Waals surface area (Å²) in [4.78, 5) is 26.7. The van der Waals surface area contributed by atoms with E-state index in [0.717, 1.165) is 17.1 Å². The number of rotatable bonds is 6. The molecule has 3 aromatic rings. The van der Waals surface area contributed by atoms with Crippen molar-refractivity contribution in [3.8, 4) is 11.4 Å². The Kier molecular flexibility index (Phi) is 6.02. The zero-order valence-electron chi connectivity index (χ0n) is 17.1. The van der Waals surface area contributed by atoms with Crippen LogP contribution in [0.1, 0.15) is 21.7 Å². The lowest BCUT2D eigenvalue weighted by molar-refractivity contribution is -0.116. The Labute approximate surface area is 170 Å². The third kappa shape index (κ3) is 4.48. The van der Waals surface area contributed by atoms with E-state index < -0.39 is 0 Å². The second-order valence-electron chi connectivity index (χ2n) is 6.89. The summed E-state index contributed by atoms with van der Waals surface area (Å²) in [5, 5.41) is 2.79. The van der Waals surface area contributed by atoms with Crippen molar-refractivity contribution in [2.45, 2.75) is 13.8 Å². The van der Waals surface area contributed by atoms with Gasteiger partial charge in [0.1, 0.15) is 5.75 Å². The van der Waals surface area contributed by atoms with Crippen LogP contribution in [-0.2, 0) is 4.79 Å². The number of para-hydroxylation sites is 1. The number of likely N-dealkylation sites (N-methyl/N-ethyl adjacent to an activating group) is 1. The first-order valence-electron chi connectivity index (χ1n) is 9.34. The molecule has 0 saturated carbocycles. The highest BCUT2D eigenvalue weighted by atomic mass is 16.5. The van der Waals surface area contributed by atoms with Gasteiger partial charge in [-0.25, -0.2) is 0 Å². The number of nitrogens with one attached hydrogen (secondary N) is 1. The fourth-order valence-electron chi connectivity index (χ4n) is 3.32. The molecule has 0 bridgehead atoms. The molecule has 0 spiro atoms. The van der Waals surface area contributed by atoms with Gasteiger partial charge in [0.2, 0.25) is 5.91 Å². The molecule has 1 aromatic heterocycles. The molecule has 0 aliphatic heterocycles. The third-order valence-electron chi connectivity index (χ3n) is 4.78. The van der Waals surface area contributed by atoms with Crippen molar-refractivity contribution in [1.82, 2.24) is 9.47 Å². The SMILES string of the molecule is COc1ccc(NC(=O)CN(C)C(=O)c2cc(C)n(-c3ccccc3)c2C)cc1. The normalized spacial score (nSPS) is 10.5. The van der Waals surface area contributed by atoms with Crippen LogP contribution in [0.5, 0.6) is 5.75 Å². The Morgan fingerprint density at radius 3 is 2.31 bits per heavy atom. The van der Waals surface area contributed by atoms with Crippen LogP contribution in [0, 0.1) is 13.8 Å². The van der Waals surface area contributed by atoms with Crippen molar-refractivity contribution in [1.29, 1.82) is 0 Å². The summed E-state index contributed by atoms with van der Waals surface area (Å²) in [6.45, 7) is 3.84. The first kappa shape index (κ1) is 20.2. The molecule has 0 radical (unpaired) electrons. The summed E-state index contributed by atoms with van der Waals surface area (Å²) in [6.07, 6.45) is 0. The number of aromatic nitrogens is 1. The van der Waals surface area contributed by atoms with E-state index in [1.165, 1.54) is 4.90 Å². The molecule has 3 rings (SSSR count). The molecule has 2 amide bonds. The largest absolute Gasteiger partial charge is 0.497 e. The molecular formula is C23H25N3O3. The van der Waals surface area contributed by atoms with Gasteiger partial charge in [-0.15, -0.1) is 0 Å². The van der Waals surface area contributed by atoms with E-state index in [4.69, 9.17) is 4.74 Å². The van der Waals surface area contributed by atoms with Crippen LogP contribution in [-0.4, -0.2) is 42.0 Å². The fourth-order valence-corrected chi connectivity index (χ4v) is 3.32. The quantitative estimate of drug-likeness (QED) is 0.695. The molecular weight excluding hydrogens is 366 g/mol.